The van der Waals surface area contributed by atoms with Crippen molar-refractivity contribution in [2.75, 3.05) is 19.8 Å². The number of carbonyl (C=O) groups excluding carboxylic acids is 3. The van der Waals surface area contributed by atoms with Gasteiger partial charge in [-0.3, -0.25) is 10.2 Å². The molecule has 19 heteroatoms. The van der Waals surface area contributed by atoms with Crippen molar-refractivity contribution in [1.82, 2.24) is 0 Å². The van der Waals surface area contributed by atoms with E-state index in [4.69, 9.17) is 97.1 Å². The molecule has 7 aromatic carbocycles. The molecular weight excluding hydrogens is 1190 g/mol. The van der Waals surface area contributed by atoms with Gasteiger partial charge in [0.1, 0.15) is 61.7 Å². The summed E-state index contributed by atoms with van der Waals surface area (Å²) in [4.78, 5) is 40.5. The molecule has 3 aliphatic rings. The molecule has 2 saturated heterocycles. The SMILES string of the molecule is CC(=O)CCC(=O)OCC1OC(OC2C(COCc3ccccc3)OC(OC(=N)C(Cl)(Cl)Cl)C(OCc3ccccc3)C2OCc2ccccc2)C(OCc2ccccc2)C(OC(=O)OCC2c3ccccc3-c3ccccc32)C1OCc1ccccc1. The van der Waals surface area contributed by atoms with E-state index in [2.05, 4.69) is 0 Å². The number of esters is 1. The van der Waals surface area contributed by atoms with Gasteiger partial charge in [0.15, 0.2) is 12.4 Å². The van der Waals surface area contributed by atoms with Gasteiger partial charge in [0.2, 0.25) is 12.2 Å². The Hall–Kier alpha value is -7.03. The fourth-order valence-electron chi connectivity index (χ4n) is 10.8. The predicted octanol–water partition coefficient (Wildman–Crippen LogP) is 13.0. The van der Waals surface area contributed by atoms with Gasteiger partial charge >= 0.3 is 12.1 Å². The molecule has 7 aromatic rings. The number of hydrogen-bond acceptors (Lipinski definition) is 16. The average Bonchev–Trinajstić information content (AvgIpc) is 1.39. The Kier molecular flexibility index (Phi) is 22.8. The average molecular weight is 1260 g/mol. The summed E-state index contributed by atoms with van der Waals surface area (Å²) in [6, 6.07) is 62.9. The number of halogens is 3. The van der Waals surface area contributed by atoms with Crippen LogP contribution in [0.2, 0.25) is 0 Å². The minimum absolute atomic E-state index is 0.00992. The van der Waals surface area contributed by atoms with Crippen LogP contribution in [0.15, 0.2) is 200 Å². The van der Waals surface area contributed by atoms with Crippen LogP contribution >= 0.6 is 34.8 Å². The lowest BCUT2D eigenvalue weighted by Crippen LogP contribution is -2.67. The highest BCUT2D eigenvalue weighted by Gasteiger charge is 2.56. The van der Waals surface area contributed by atoms with E-state index in [1.54, 1.807) is 0 Å². The van der Waals surface area contributed by atoms with Gasteiger partial charge in [-0.25, -0.2) is 4.79 Å². The molecule has 2 heterocycles. The summed E-state index contributed by atoms with van der Waals surface area (Å²) in [6.45, 7) is 0.643. The van der Waals surface area contributed by atoms with Crippen LogP contribution in [0, 0.1) is 5.41 Å². The summed E-state index contributed by atoms with van der Waals surface area (Å²) < 4.78 is 77.9. The highest BCUT2D eigenvalue weighted by Crippen LogP contribution is 2.45. The smallest absolute Gasteiger partial charge is 0.463 e. The molecule has 0 spiro atoms. The summed E-state index contributed by atoms with van der Waals surface area (Å²) in [6.07, 6.45) is -14.7. The number of fused-ring (bicyclic) bond motifs is 3. The van der Waals surface area contributed by atoms with Crippen molar-refractivity contribution in [3.63, 3.8) is 0 Å². The standard InChI is InChI=1S/C69H68Cl3NO15/c1-45(74)35-36-58(75)78-44-57-59(79-38-47-23-9-3-10-24-47)62(87-68(76)83-42-55-53-33-19-17-31-51(53)52-32-18-20-34-54(52)55)64(82-41-50-29-15-6-16-30-50)65(85-57)86-60-56(43-77-37-46-21-7-2-8-22-46)84-66(88-67(73)69(70,71)72)63(81-40-49-27-13-5-14-28-49)61(60)80-39-48-25-11-4-12-26-48/h2-34,55-57,59-66,73H,35-44H2,1H3. The molecule has 16 nitrogen and oxygen atoms in total. The molecule has 10 unspecified atom stereocenters. The Morgan fingerprint density at radius 1 is 0.443 bits per heavy atom. The number of rotatable bonds is 27. The van der Waals surface area contributed by atoms with Crippen LogP contribution in [0.4, 0.5) is 4.79 Å². The molecular formula is C69H68Cl3NO15. The van der Waals surface area contributed by atoms with Crippen molar-refractivity contribution >= 4 is 58.6 Å². The Bertz CT molecular complexity index is 3300. The molecule has 1 N–H and O–H groups in total. The molecule has 0 bridgehead atoms. The Balaban J connectivity index is 1.07. The van der Waals surface area contributed by atoms with Crippen LogP contribution in [0.25, 0.3) is 11.1 Å². The maximum atomic E-state index is 14.8. The van der Waals surface area contributed by atoms with Crippen LogP contribution < -0.4 is 0 Å². The Morgan fingerprint density at radius 3 is 1.35 bits per heavy atom. The summed E-state index contributed by atoms with van der Waals surface area (Å²) >= 11 is 18.9. The molecule has 10 rings (SSSR count). The summed E-state index contributed by atoms with van der Waals surface area (Å²) in [5, 5.41) is 8.84. The summed E-state index contributed by atoms with van der Waals surface area (Å²) in [7, 11) is 0. The summed E-state index contributed by atoms with van der Waals surface area (Å²) in [5.74, 6) is -1.99. The quantitative estimate of drug-likeness (QED) is 0.0222. The molecule has 2 fully saturated rings. The van der Waals surface area contributed by atoms with Gasteiger partial charge in [-0.1, -0.05) is 235 Å². The first kappa shape index (κ1) is 64.0. The van der Waals surface area contributed by atoms with Gasteiger partial charge < -0.3 is 61.6 Å². The minimum Gasteiger partial charge on any atom is -0.463 e. The van der Waals surface area contributed by atoms with Gasteiger partial charge in [-0.05, 0) is 57.0 Å². The lowest BCUT2D eigenvalue weighted by atomic mass is 9.95. The van der Waals surface area contributed by atoms with Crippen molar-refractivity contribution in [2.24, 2.45) is 0 Å². The third-order valence-corrected chi connectivity index (χ3v) is 15.7. The van der Waals surface area contributed by atoms with E-state index >= 15 is 0 Å². The Morgan fingerprint density at radius 2 is 0.864 bits per heavy atom. The number of benzene rings is 7. The number of alkyl halides is 3. The van der Waals surface area contributed by atoms with Gasteiger partial charge in [0, 0.05) is 12.3 Å². The second kappa shape index (κ2) is 31.4. The normalized spacial score (nSPS) is 22.4. The molecule has 10 atom stereocenters. The van der Waals surface area contributed by atoms with Crippen molar-refractivity contribution in [3.05, 3.63) is 239 Å². The highest BCUT2D eigenvalue weighted by molar-refractivity contribution is 6.76. The van der Waals surface area contributed by atoms with E-state index in [-0.39, 0.29) is 70.8 Å². The van der Waals surface area contributed by atoms with E-state index in [0.29, 0.717) is 0 Å². The topological polar surface area (TPSA) is 186 Å². The second-order valence-electron chi connectivity index (χ2n) is 21.4. The Labute approximate surface area is 526 Å². The number of nitrogens with one attached hydrogen (secondary N) is 1. The third kappa shape index (κ3) is 17.4. The van der Waals surface area contributed by atoms with Gasteiger partial charge in [-0.2, -0.15) is 0 Å². The molecule has 2 aliphatic heterocycles. The van der Waals surface area contributed by atoms with Crippen molar-refractivity contribution < 1.29 is 71.2 Å². The van der Waals surface area contributed by atoms with Gasteiger partial charge in [0.25, 0.3) is 3.79 Å². The van der Waals surface area contributed by atoms with Gasteiger partial charge in [0.05, 0.1) is 46.1 Å². The van der Waals surface area contributed by atoms with Crippen molar-refractivity contribution in [3.8, 4) is 11.1 Å². The third-order valence-electron chi connectivity index (χ3n) is 15.2. The first-order chi connectivity index (χ1) is 42.8. The van der Waals surface area contributed by atoms with Crippen LogP contribution in [0.1, 0.15) is 64.6 Å². The zero-order chi connectivity index (χ0) is 61.2. The lowest BCUT2D eigenvalue weighted by Gasteiger charge is -2.49. The highest BCUT2D eigenvalue weighted by atomic mass is 35.6. The van der Waals surface area contributed by atoms with E-state index < -0.39 is 89.8 Å². The molecule has 0 saturated carbocycles. The van der Waals surface area contributed by atoms with E-state index in [9.17, 15) is 14.4 Å². The van der Waals surface area contributed by atoms with Crippen LogP contribution in [0.3, 0.4) is 0 Å². The number of ketones is 1. The lowest BCUT2D eigenvalue weighted by molar-refractivity contribution is -0.369. The first-order valence-electron chi connectivity index (χ1n) is 29.0. The maximum absolute atomic E-state index is 14.8. The molecule has 1 aliphatic carbocycles. The zero-order valence-corrected chi connectivity index (χ0v) is 50.5. The number of carbonyl (C=O) groups is 3. The number of hydrogen-bond donors (Lipinski definition) is 1. The summed E-state index contributed by atoms with van der Waals surface area (Å²) in [5.41, 5.74) is 7.93. The van der Waals surface area contributed by atoms with Crippen molar-refractivity contribution in [2.45, 2.75) is 124 Å². The maximum Gasteiger partial charge on any atom is 0.508 e. The zero-order valence-electron chi connectivity index (χ0n) is 48.2. The molecule has 0 amide bonds. The van der Waals surface area contributed by atoms with E-state index in [0.717, 1.165) is 50.1 Å². The largest absolute Gasteiger partial charge is 0.508 e. The molecule has 0 radical (unpaired) electrons. The molecule has 460 valence electrons. The van der Waals surface area contributed by atoms with E-state index in [1.165, 1.54) is 6.92 Å². The number of ether oxygens (including phenoxy) is 12. The minimum atomic E-state index is -2.33. The number of Topliss-reactive ketones (excluding diaryl/α,β-unsaturated/α-hetero) is 1. The van der Waals surface area contributed by atoms with Crippen molar-refractivity contribution in [1.29, 1.82) is 5.41 Å². The monoisotopic (exact) mass is 1260 g/mol. The molecule has 0 aromatic heterocycles. The second-order valence-corrected chi connectivity index (χ2v) is 23.7. The van der Waals surface area contributed by atoms with Crippen LogP contribution in [-0.4, -0.2) is 109 Å². The van der Waals surface area contributed by atoms with Gasteiger partial charge in [-0.15, -0.1) is 0 Å². The van der Waals surface area contributed by atoms with Crippen LogP contribution in [0.5, 0.6) is 0 Å². The fraction of sp³-hybridized carbons (Fsp3) is 0.333. The van der Waals surface area contributed by atoms with E-state index in [1.807, 2.05) is 200 Å². The first-order valence-corrected chi connectivity index (χ1v) is 30.2. The fourth-order valence-corrected chi connectivity index (χ4v) is 10.9. The van der Waals surface area contributed by atoms with Crippen LogP contribution in [-0.2, 0) is 99.5 Å². The molecule has 88 heavy (non-hydrogen) atoms. The predicted molar refractivity (Wildman–Crippen MR) is 328 cm³/mol.